The molecule has 0 aliphatic rings. The predicted octanol–water partition coefficient (Wildman–Crippen LogP) is 1.36. The SMILES string of the molecule is CCC(C#N)SC(C)O. The van der Waals surface area contributed by atoms with Crippen LogP contribution in [0.5, 0.6) is 0 Å². The molecular weight excluding hydrogens is 134 g/mol. The minimum Gasteiger partial charge on any atom is -0.383 e. The first kappa shape index (κ1) is 8.80. The zero-order chi connectivity index (χ0) is 7.28. The van der Waals surface area contributed by atoms with Gasteiger partial charge >= 0.3 is 0 Å². The second-order valence-electron chi connectivity index (χ2n) is 1.76. The van der Waals surface area contributed by atoms with Gasteiger partial charge in [-0.05, 0) is 13.3 Å². The van der Waals surface area contributed by atoms with Crippen molar-refractivity contribution in [1.82, 2.24) is 0 Å². The lowest BCUT2D eigenvalue weighted by Gasteiger charge is -2.06. The van der Waals surface area contributed by atoms with E-state index >= 15 is 0 Å². The van der Waals surface area contributed by atoms with Gasteiger partial charge in [-0.25, -0.2) is 0 Å². The summed E-state index contributed by atoms with van der Waals surface area (Å²) in [5, 5.41) is 17.1. The average molecular weight is 145 g/mol. The highest BCUT2D eigenvalue weighted by atomic mass is 32.2. The summed E-state index contributed by atoms with van der Waals surface area (Å²) >= 11 is 1.29. The molecule has 9 heavy (non-hydrogen) atoms. The van der Waals surface area contributed by atoms with Crippen molar-refractivity contribution in [3.8, 4) is 6.07 Å². The van der Waals surface area contributed by atoms with Gasteiger partial charge in [-0.1, -0.05) is 6.92 Å². The van der Waals surface area contributed by atoms with Crippen LogP contribution in [0.25, 0.3) is 0 Å². The minimum absolute atomic E-state index is 0.0509. The predicted molar refractivity (Wildman–Crippen MR) is 39.0 cm³/mol. The maximum Gasteiger partial charge on any atom is 0.0977 e. The van der Waals surface area contributed by atoms with E-state index in [2.05, 4.69) is 6.07 Å². The second-order valence-corrected chi connectivity index (χ2v) is 3.28. The summed E-state index contributed by atoms with van der Waals surface area (Å²) in [7, 11) is 0. The number of nitrogens with zero attached hydrogens (tertiary/aromatic N) is 1. The van der Waals surface area contributed by atoms with Gasteiger partial charge in [0.2, 0.25) is 0 Å². The van der Waals surface area contributed by atoms with Gasteiger partial charge in [0.05, 0.1) is 16.8 Å². The van der Waals surface area contributed by atoms with E-state index in [1.807, 2.05) is 6.92 Å². The zero-order valence-electron chi connectivity index (χ0n) is 5.66. The van der Waals surface area contributed by atoms with Crippen molar-refractivity contribution in [2.24, 2.45) is 0 Å². The Morgan fingerprint density at radius 1 is 1.78 bits per heavy atom. The van der Waals surface area contributed by atoms with E-state index in [1.165, 1.54) is 11.8 Å². The highest BCUT2D eigenvalue weighted by Crippen LogP contribution is 2.16. The normalized spacial score (nSPS) is 16.2. The number of hydrogen-bond donors (Lipinski definition) is 1. The van der Waals surface area contributed by atoms with Gasteiger partial charge in [-0.2, -0.15) is 5.26 Å². The Balaban J connectivity index is 3.47. The van der Waals surface area contributed by atoms with Crippen molar-refractivity contribution in [1.29, 1.82) is 5.26 Å². The number of rotatable bonds is 3. The molecule has 0 bridgehead atoms. The van der Waals surface area contributed by atoms with Crippen LogP contribution in [0.3, 0.4) is 0 Å². The van der Waals surface area contributed by atoms with Crippen LogP contribution >= 0.6 is 11.8 Å². The van der Waals surface area contributed by atoms with Crippen LogP contribution in [0.4, 0.5) is 0 Å². The van der Waals surface area contributed by atoms with Crippen LogP contribution in [-0.2, 0) is 0 Å². The standard InChI is InChI=1S/C6H11NOS/c1-3-6(4-7)9-5(2)8/h5-6,8H,3H2,1-2H3. The Kier molecular flexibility index (Phi) is 4.55. The summed E-state index contributed by atoms with van der Waals surface area (Å²) in [6, 6.07) is 2.09. The molecule has 0 aromatic heterocycles. The lowest BCUT2D eigenvalue weighted by atomic mass is 10.4. The molecule has 0 spiro atoms. The van der Waals surface area contributed by atoms with Gasteiger partial charge in [0, 0.05) is 0 Å². The van der Waals surface area contributed by atoms with Crippen molar-refractivity contribution in [3.63, 3.8) is 0 Å². The molecule has 0 aromatic carbocycles. The Bertz CT molecular complexity index is 108. The van der Waals surface area contributed by atoms with Crippen LogP contribution in [0, 0.1) is 11.3 Å². The summed E-state index contributed by atoms with van der Waals surface area (Å²) in [6.45, 7) is 3.61. The summed E-state index contributed by atoms with van der Waals surface area (Å²) in [5.41, 5.74) is -0.422. The fourth-order valence-electron chi connectivity index (χ4n) is 0.456. The first-order chi connectivity index (χ1) is 4.20. The van der Waals surface area contributed by atoms with Crippen molar-refractivity contribution in [3.05, 3.63) is 0 Å². The summed E-state index contributed by atoms with van der Waals surface area (Å²) in [5.74, 6) is 0. The van der Waals surface area contributed by atoms with Gasteiger partial charge < -0.3 is 5.11 Å². The lowest BCUT2D eigenvalue weighted by molar-refractivity contribution is 0.283. The van der Waals surface area contributed by atoms with Crippen molar-refractivity contribution >= 4 is 11.8 Å². The number of thioether (sulfide) groups is 1. The molecule has 52 valence electrons. The third-order valence-electron chi connectivity index (χ3n) is 0.876. The van der Waals surface area contributed by atoms with Gasteiger partial charge in [0.1, 0.15) is 0 Å². The van der Waals surface area contributed by atoms with E-state index in [-0.39, 0.29) is 5.25 Å². The molecule has 0 aliphatic carbocycles. The van der Waals surface area contributed by atoms with Crippen LogP contribution in [0.1, 0.15) is 20.3 Å². The van der Waals surface area contributed by atoms with Gasteiger partial charge in [0.15, 0.2) is 0 Å². The molecule has 2 atom stereocenters. The summed E-state index contributed by atoms with van der Waals surface area (Å²) < 4.78 is 0. The molecular formula is C6H11NOS. The summed E-state index contributed by atoms with van der Waals surface area (Å²) in [6.07, 6.45) is 0.798. The molecule has 2 unspecified atom stereocenters. The molecule has 0 aliphatic heterocycles. The largest absolute Gasteiger partial charge is 0.383 e. The second kappa shape index (κ2) is 4.66. The number of aliphatic hydroxyl groups excluding tert-OH is 1. The maximum atomic E-state index is 8.80. The van der Waals surface area contributed by atoms with Crippen molar-refractivity contribution < 1.29 is 5.11 Å². The molecule has 1 N–H and O–H groups in total. The van der Waals surface area contributed by atoms with Gasteiger partial charge in [-0.3, -0.25) is 0 Å². The van der Waals surface area contributed by atoms with E-state index in [9.17, 15) is 0 Å². The third kappa shape index (κ3) is 4.31. The molecule has 0 amide bonds. The van der Waals surface area contributed by atoms with E-state index in [4.69, 9.17) is 10.4 Å². The number of nitriles is 1. The minimum atomic E-state index is -0.422. The molecule has 0 saturated heterocycles. The molecule has 0 aromatic rings. The first-order valence-corrected chi connectivity index (χ1v) is 3.88. The fraction of sp³-hybridized carbons (Fsp3) is 0.833. The molecule has 3 heteroatoms. The fourth-order valence-corrected chi connectivity index (χ4v) is 1.18. The summed E-state index contributed by atoms with van der Waals surface area (Å²) in [4.78, 5) is 0. The highest BCUT2D eigenvalue weighted by Gasteiger charge is 2.06. The third-order valence-corrected chi connectivity index (χ3v) is 2.04. The van der Waals surface area contributed by atoms with Crippen LogP contribution in [-0.4, -0.2) is 15.8 Å². The maximum absolute atomic E-state index is 8.80. The van der Waals surface area contributed by atoms with E-state index in [0.29, 0.717) is 0 Å². The van der Waals surface area contributed by atoms with Gasteiger partial charge in [0.25, 0.3) is 0 Å². The molecule has 2 nitrogen and oxygen atoms in total. The van der Waals surface area contributed by atoms with Crippen LogP contribution in [0.15, 0.2) is 0 Å². The Morgan fingerprint density at radius 2 is 2.33 bits per heavy atom. The zero-order valence-corrected chi connectivity index (χ0v) is 6.48. The monoisotopic (exact) mass is 145 g/mol. The van der Waals surface area contributed by atoms with E-state index < -0.39 is 5.44 Å². The Hall–Kier alpha value is -0.200. The molecule has 0 rings (SSSR count). The number of hydrogen-bond acceptors (Lipinski definition) is 3. The quantitative estimate of drug-likeness (QED) is 0.610. The van der Waals surface area contributed by atoms with Crippen molar-refractivity contribution in [2.45, 2.75) is 31.0 Å². The van der Waals surface area contributed by atoms with E-state index in [0.717, 1.165) is 6.42 Å². The molecule has 0 fully saturated rings. The topological polar surface area (TPSA) is 44.0 Å². The van der Waals surface area contributed by atoms with Gasteiger partial charge in [-0.15, -0.1) is 11.8 Å². The number of aliphatic hydroxyl groups is 1. The van der Waals surface area contributed by atoms with Crippen LogP contribution < -0.4 is 0 Å². The Morgan fingerprint density at radius 3 is 2.44 bits per heavy atom. The smallest absolute Gasteiger partial charge is 0.0977 e. The molecule has 0 heterocycles. The molecule has 0 radical (unpaired) electrons. The highest BCUT2D eigenvalue weighted by molar-refractivity contribution is 8.00. The average Bonchev–Trinajstić information content (AvgIpc) is 1.82. The first-order valence-electron chi connectivity index (χ1n) is 2.93. The van der Waals surface area contributed by atoms with Crippen molar-refractivity contribution in [2.75, 3.05) is 0 Å². The Labute approximate surface area is 59.9 Å². The van der Waals surface area contributed by atoms with E-state index in [1.54, 1.807) is 6.92 Å². The lowest BCUT2D eigenvalue weighted by Crippen LogP contribution is -2.03. The van der Waals surface area contributed by atoms with Crippen LogP contribution in [0.2, 0.25) is 0 Å². The molecule has 0 saturated carbocycles.